The topological polar surface area (TPSA) is 70.6 Å². The molecule has 3 heterocycles. The molecule has 0 unspecified atom stereocenters. The smallest absolute Gasteiger partial charge is 0.341 e. The van der Waals surface area contributed by atoms with Gasteiger partial charge in [-0.3, -0.25) is 0 Å². The molecule has 6 rings (SSSR count). The summed E-state index contributed by atoms with van der Waals surface area (Å²) in [6.07, 6.45) is 8.51. The SMILES string of the molecule is CCOC(=O)c1c(Nc2nc3ccccc3nc2N2CCN(C=Cc3ccccc3)CC2)sc2c1CCCC2. The molecule has 200 valence electrons. The van der Waals surface area contributed by atoms with Crippen molar-refractivity contribution in [3.63, 3.8) is 0 Å². The minimum atomic E-state index is -0.256. The molecule has 0 saturated carbocycles. The summed E-state index contributed by atoms with van der Waals surface area (Å²) in [7, 11) is 0. The lowest BCUT2D eigenvalue weighted by atomic mass is 9.95. The maximum absolute atomic E-state index is 13.1. The predicted octanol–water partition coefficient (Wildman–Crippen LogP) is 6.28. The number of fused-ring (bicyclic) bond motifs is 2. The van der Waals surface area contributed by atoms with Gasteiger partial charge in [-0.2, -0.15) is 0 Å². The highest BCUT2D eigenvalue weighted by Crippen LogP contribution is 2.41. The minimum Gasteiger partial charge on any atom is -0.462 e. The first-order valence-electron chi connectivity index (χ1n) is 13.8. The Balaban J connectivity index is 1.30. The monoisotopic (exact) mass is 539 g/mol. The number of esters is 1. The minimum absolute atomic E-state index is 0.256. The van der Waals surface area contributed by atoms with Crippen LogP contribution >= 0.6 is 11.3 Å². The second-order valence-corrected chi connectivity index (χ2v) is 11.0. The summed E-state index contributed by atoms with van der Waals surface area (Å²) in [5, 5.41) is 4.38. The lowest BCUT2D eigenvalue weighted by Gasteiger charge is -2.35. The van der Waals surface area contributed by atoms with Gasteiger partial charge in [-0.05, 0) is 68.1 Å². The molecule has 4 aromatic rings. The van der Waals surface area contributed by atoms with E-state index in [4.69, 9.17) is 14.7 Å². The molecule has 1 fully saturated rings. The predicted molar refractivity (Wildman–Crippen MR) is 159 cm³/mol. The molecular weight excluding hydrogens is 506 g/mol. The molecule has 0 amide bonds. The van der Waals surface area contributed by atoms with Crippen molar-refractivity contribution in [2.45, 2.75) is 32.6 Å². The molecule has 2 aromatic carbocycles. The Hall–Kier alpha value is -3.91. The van der Waals surface area contributed by atoms with Gasteiger partial charge in [0.15, 0.2) is 11.6 Å². The van der Waals surface area contributed by atoms with Crippen LogP contribution in [0.25, 0.3) is 17.1 Å². The van der Waals surface area contributed by atoms with Crippen molar-refractivity contribution in [2.24, 2.45) is 0 Å². The molecule has 0 radical (unpaired) electrons. The van der Waals surface area contributed by atoms with Gasteiger partial charge in [-0.1, -0.05) is 42.5 Å². The van der Waals surface area contributed by atoms with Crippen LogP contribution < -0.4 is 10.2 Å². The number of hydrogen-bond acceptors (Lipinski definition) is 8. The van der Waals surface area contributed by atoms with Crippen molar-refractivity contribution in [3.8, 4) is 0 Å². The summed E-state index contributed by atoms with van der Waals surface area (Å²) in [4.78, 5) is 29.1. The van der Waals surface area contributed by atoms with Crippen LogP contribution in [0.4, 0.5) is 16.6 Å². The zero-order valence-electron chi connectivity index (χ0n) is 22.2. The van der Waals surface area contributed by atoms with Gasteiger partial charge in [0.25, 0.3) is 0 Å². The number of piperazine rings is 1. The molecule has 0 spiro atoms. The van der Waals surface area contributed by atoms with Crippen molar-refractivity contribution >= 4 is 51.1 Å². The van der Waals surface area contributed by atoms with Gasteiger partial charge in [0.05, 0.1) is 23.2 Å². The van der Waals surface area contributed by atoms with E-state index < -0.39 is 0 Å². The normalized spacial score (nSPS) is 15.5. The first-order chi connectivity index (χ1) is 19.2. The second-order valence-electron chi connectivity index (χ2n) is 9.89. The number of hydrogen-bond donors (Lipinski definition) is 1. The average Bonchev–Trinajstić information content (AvgIpc) is 3.34. The zero-order chi connectivity index (χ0) is 26.6. The van der Waals surface area contributed by atoms with E-state index in [2.05, 4.69) is 51.7 Å². The van der Waals surface area contributed by atoms with Crippen molar-refractivity contribution in [3.05, 3.63) is 82.4 Å². The van der Waals surface area contributed by atoms with E-state index in [-0.39, 0.29) is 5.97 Å². The summed E-state index contributed by atoms with van der Waals surface area (Å²) in [5.74, 6) is 1.25. The highest BCUT2D eigenvalue weighted by Gasteiger charge is 2.28. The highest BCUT2D eigenvalue weighted by molar-refractivity contribution is 7.16. The Morgan fingerprint density at radius 1 is 0.974 bits per heavy atom. The molecule has 2 aromatic heterocycles. The number of thiophene rings is 1. The van der Waals surface area contributed by atoms with Crippen LogP contribution in [0.1, 0.15) is 46.1 Å². The van der Waals surface area contributed by atoms with Gasteiger partial charge in [-0.15, -0.1) is 11.3 Å². The van der Waals surface area contributed by atoms with Crippen molar-refractivity contribution in [1.82, 2.24) is 14.9 Å². The number of aromatic nitrogens is 2. The zero-order valence-corrected chi connectivity index (χ0v) is 23.0. The van der Waals surface area contributed by atoms with Gasteiger partial charge in [-0.25, -0.2) is 14.8 Å². The van der Waals surface area contributed by atoms with Crippen LogP contribution in [0.2, 0.25) is 0 Å². The van der Waals surface area contributed by atoms with Crippen molar-refractivity contribution < 1.29 is 9.53 Å². The standard InChI is InChI=1S/C31H33N5O2S/c1-2-38-31(37)27-23-12-6-9-15-26(23)39-30(27)34-28-29(33-25-14-8-7-13-24(25)32-28)36-20-18-35(19-21-36)17-16-22-10-4-3-5-11-22/h3-5,7-8,10-11,13-14,16-17H,2,6,9,12,15,18-21H2,1H3,(H,32,34). The molecule has 1 N–H and O–H groups in total. The number of nitrogens with one attached hydrogen (secondary N) is 1. The highest BCUT2D eigenvalue weighted by atomic mass is 32.1. The molecule has 1 aliphatic heterocycles. The molecule has 7 nitrogen and oxygen atoms in total. The molecule has 8 heteroatoms. The third kappa shape index (κ3) is 5.47. The number of benzene rings is 2. The van der Waals surface area contributed by atoms with Crippen molar-refractivity contribution in [2.75, 3.05) is 43.0 Å². The first-order valence-corrected chi connectivity index (χ1v) is 14.6. The number of ether oxygens (including phenoxy) is 1. The maximum Gasteiger partial charge on any atom is 0.341 e. The number of carbonyl (C=O) groups excluding carboxylic acids is 1. The van der Waals surface area contributed by atoms with Crippen LogP contribution in [0.5, 0.6) is 0 Å². The fraction of sp³-hybridized carbons (Fsp3) is 0.323. The third-order valence-corrected chi connectivity index (χ3v) is 8.53. The quantitative estimate of drug-likeness (QED) is 0.277. The second kappa shape index (κ2) is 11.5. The molecule has 1 saturated heterocycles. The number of carbonyl (C=O) groups is 1. The Labute approximate surface area is 233 Å². The summed E-state index contributed by atoms with van der Waals surface area (Å²) in [5.41, 5.74) is 4.70. The van der Waals surface area contributed by atoms with Crippen LogP contribution in [-0.2, 0) is 17.6 Å². The Kier molecular flexibility index (Phi) is 7.45. The molecule has 1 aliphatic carbocycles. The van der Waals surface area contributed by atoms with E-state index >= 15 is 0 Å². The van der Waals surface area contributed by atoms with E-state index in [1.165, 1.54) is 10.4 Å². The summed E-state index contributed by atoms with van der Waals surface area (Å²) in [6, 6.07) is 18.3. The number of para-hydroxylation sites is 2. The Bertz CT molecular complexity index is 1490. The van der Waals surface area contributed by atoms with Crippen LogP contribution in [0.3, 0.4) is 0 Å². The average molecular weight is 540 g/mol. The number of anilines is 3. The molecule has 39 heavy (non-hydrogen) atoms. The van der Waals surface area contributed by atoms with Crippen LogP contribution in [-0.4, -0.2) is 53.6 Å². The van der Waals surface area contributed by atoms with Crippen molar-refractivity contribution in [1.29, 1.82) is 0 Å². The van der Waals surface area contributed by atoms with E-state index in [0.717, 1.165) is 79.3 Å². The number of aryl methyl sites for hydroxylation is 1. The summed E-state index contributed by atoms with van der Waals surface area (Å²) < 4.78 is 5.48. The van der Waals surface area contributed by atoms with Gasteiger partial charge >= 0.3 is 5.97 Å². The fourth-order valence-electron chi connectivity index (χ4n) is 5.31. The van der Waals surface area contributed by atoms with E-state index in [9.17, 15) is 4.79 Å². The fourth-order valence-corrected chi connectivity index (χ4v) is 6.59. The third-order valence-electron chi connectivity index (χ3n) is 7.33. The van der Waals surface area contributed by atoms with E-state index in [0.29, 0.717) is 18.0 Å². The van der Waals surface area contributed by atoms with E-state index in [1.807, 2.05) is 37.3 Å². The summed E-state index contributed by atoms with van der Waals surface area (Å²) >= 11 is 1.66. The van der Waals surface area contributed by atoms with Gasteiger partial charge in [0.2, 0.25) is 0 Å². The van der Waals surface area contributed by atoms with Gasteiger partial charge < -0.3 is 19.9 Å². The summed E-state index contributed by atoms with van der Waals surface area (Å²) in [6.45, 7) is 5.63. The molecule has 0 bridgehead atoms. The maximum atomic E-state index is 13.1. The van der Waals surface area contributed by atoms with Crippen LogP contribution in [0.15, 0.2) is 60.8 Å². The first kappa shape index (κ1) is 25.4. The Morgan fingerprint density at radius 3 is 2.46 bits per heavy atom. The molecular formula is C31H33N5O2S. The lowest BCUT2D eigenvalue weighted by molar-refractivity contribution is 0.0526. The van der Waals surface area contributed by atoms with E-state index in [1.54, 1.807) is 11.3 Å². The van der Waals surface area contributed by atoms with Gasteiger partial charge in [0.1, 0.15) is 5.00 Å². The van der Waals surface area contributed by atoms with Crippen LogP contribution in [0, 0.1) is 0 Å². The largest absolute Gasteiger partial charge is 0.462 e. The number of nitrogens with zero attached hydrogens (tertiary/aromatic N) is 4. The molecule has 0 atom stereocenters. The number of rotatable bonds is 7. The lowest BCUT2D eigenvalue weighted by Crippen LogP contribution is -2.44. The molecule has 2 aliphatic rings. The Morgan fingerprint density at radius 2 is 1.69 bits per heavy atom. The van der Waals surface area contributed by atoms with Gasteiger partial charge in [0, 0.05) is 31.1 Å².